The van der Waals surface area contributed by atoms with Gasteiger partial charge in [0.05, 0.1) is 28.7 Å². The molecule has 0 aliphatic heterocycles. The molecule has 0 bridgehead atoms. The number of hydrogen-bond donors (Lipinski definition) is 2. The molecule has 1 atom stereocenters. The van der Waals surface area contributed by atoms with Crippen LogP contribution in [0.1, 0.15) is 0 Å². The van der Waals surface area contributed by atoms with Crippen molar-refractivity contribution < 1.29 is 14.4 Å². The van der Waals surface area contributed by atoms with E-state index in [1.807, 2.05) is 0 Å². The first-order valence-corrected chi connectivity index (χ1v) is 6.69. The molecule has 0 unspecified atom stereocenters. The van der Waals surface area contributed by atoms with Gasteiger partial charge in [0.15, 0.2) is 0 Å². The van der Waals surface area contributed by atoms with Crippen molar-refractivity contribution >= 4 is 21.7 Å². The van der Waals surface area contributed by atoms with Crippen LogP contribution in [0.5, 0.6) is 5.75 Å². The number of pyridine rings is 1. The topological polar surface area (TPSA) is 79.5 Å². The smallest absolute Gasteiger partial charge is 0.270 e. The number of hydrogen-bond acceptors (Lipinski definition) is 4. The number of aliphatic hydroxyl groups is 1. The summed E-state index contributed by atoms with van der Waals surface area (Å²) in [5.74, 6) is -0.332. The minimum Gasteiger partial charge on any atom is -0.506 e. The lowest BCUT2D eigenvalue weighted by Gasteiger charge is -2.10. The maximum Gasteiger partial charge on any atom is 0.270 e. The van der Waals surface area contributed by atoms with E-state index >= 15 is 0 Å². The lowest BCUT2D eigenvalue weighted by atomic mass is 10.2. The van der Waals surface area contributed by atoms with Crippen molar-refractivity contribution in [3.8, 4) is 5.75 Å². The molecule has 18 heavy (non-hydrogen) atoms. The highest BCUT2D eigenvalue weighted by atomic mass is 32.2. The normalized spacial score (nSPS) is 12.8. The standard InChI is InChI=1S/C12H13NO4S/c1-13-9-5-3-2-4-8(9)10(15)11(12(13)16)18(17)7-6-14/h2-5,14-15H,6-7H2,1H3/t18-/m1/s1. The fourth-order valence-electron chi connectivity index (χ4n) is 1.84. The number of benzene rings is 1. The Morgan fingerprint density at radius 2 is 2.00 bits per heavy atom. The number of para-hydroxylation sites is 1. The molecule has 2 aromatic rings. The van der Waals surface area contributed by atoms with Crippen LogP contribution >= 0.6 is 0 Å². The fourth-order valence-corrected chi connectivity index (χ4v) is 2.87. The molecule has 1 aromatic heterocycles. The summed E-state index contributed by atoms with van der Waals surface area (Å²) in [7, 11) is -0.147. The number of aliphatic hydroxyl groups excluding tert-OH is 1. The molecule has 0 aliphatic carbocycles. The number of aromatic hydroxyl groups is 1. The second-order valence-electron chi connectivity index (χ2n) is 3.83. The van der Waals surface area contributed by atoms with Gasteiger partial charge in [0.1, 0.15) is 10.6 Å². The molecule has 0 amide bonds. The van der Waals surface area contributed by atoms with Crippen LogP contribution in [0, 0.1) is 0 Å². The summed E-state index contributed by atoms with van der Waals surface area (Å²) in [5.41, 5.74) is 0.0720. The molecular formula is C12H13NO4S. The Bertz CT molecular complexity index is 678. The van der Waals surface area contributed by atoms with E-state index < -0.39 is 16.4 Å². The third-order valence-corrected chi connectivity index (χ3v) is 4.12. The van der Waals surface area contributed by atoms with Crippen molar-refractivity contribution in [3.05, 3.63) is 34.6 Å². The summed E-state index contributed by atoms with van der Waals surface area (Å²) in [6.07, 6.45) is 0. The first-order valence-electron chi connectivity index (χ1n) is 5.38. The SMILES string of the molecule is Cn1c(=O)c([S@](=O)CCO)c(O)c2ccccc21. The predicted molar refractivity (Wildman–Crippen MR) is 69.2 cm³/mol. The molecule has 6 heteroatoms. The predicted octanol–water partition coefficient (Wildman–Crippen LogP) is 0.344. The second kappa shape index (κ2) is 4.91. The zero-order chi connectivity index (χ0) is 13.3. The van der Waals surface area contributed by atoms with Gasteiger partial charge in [-0.2, -0.15) is 0 Å². The largest absolute Gasteiger partial charge is 0.506 e. The molecule has 2 rings (SSSR count). The number of fused-ring (bicyclic) bond motifs is 1. The molecule has 0 fully saturated rings. The summed E-state index contributed by atoms with van der Waals surface area (Å²) in [6.45, 7) is -0.304. The van der Waals surface area contributed by atoms with E-state index in [1.165, 1.54) is 4.57 Å². The average Bonchev–Trinajstić information content (AvgIpc) is 2.37. The third kappa shape index (κ3) is 1.93. The van der Waals surface area contributed by atoms with E-state index in [0.717, 1.165) is 0 Å². The van der Waals surface area contributed by atoms with Gasteiger partial charge in [-0.1, -0.05) is 12.1 Å². The van der Waals surface area contributed by atoms with Gasteiger partial charge in [-0.05, 0) is 12.1 Å². The van der Waals surface area contributed by atoms with Crippen molar-refractivity contribution in [2.24, 2.45) is 7.05 Å². The number of aryl methyl sites for hydroxylation is 1. The van der Waals surface area contributed by atoms with E-state index in [2.05, 4.69) is 0 Å². The van der Waals surface area contributed by atoms with Crippen LogP contribution in [-0.2, 0) is 17.8 Å². The molecule has 1 aromatic carbocycles. The highest BCUT2D eigenvalue weighted by molar-refractivity contribution is 7.85. The summed E-state index contributed by atoms with van der Waals surface area (Å²) in [5, 5.41) is 19.3. The molecule has 1 heterocycles. The van der Waals surface area contributed by atoms with Crippen LogP contribution in [-0.4, -0.2) is 31.3 Å². The molecule has 0 spiro atoms. The first-order chi connectivity index (χ1) is 8.57. The van der Waals surface area contributed by atoms with Crippen LogP contribution < -0.4 is 5.56 Å². The Morgan fingerprint density at radius 1 is 1.33 bits per heavy atom. The highest BCUT2D eigenvalue weighted by Gasteiger charge is 2.19. The molecule has 0 radical (unpaired) electrons. The van der Waals surface area contributed by atoms with E-state index in [-0.39, 0.29) is 23.0 Å². The third-order valence-electron chi connectivity index (χ3n) is 2.74. The Balaban J connectivity index is 2.83. The minimum absolute atomic E-state index is 0.0683. The van der Waals surface area contributed by atoms with Crippen molar-refractivity contribution in [2.45, 2.75) is 4.90 Å². The van der Waals surface area contributed by atoms with Crippen LogP contribution in [0.4, 0.5) is 0 Å². The van der Waals surface area contributed by atoms with Crippen molar-refractivity contribution in [1.82, 2.24) is 4.57 Å². The van der Waals surface area contributed by atoms with Crippen LogP contribution in [0.3, 0.4) is 0 Å². The van der Waals surface area contributed by atoms with Crippen LogP contribution in [0.2, 0.25) is 0 Å². The lowest BCUT2D eigenvalue weighted by Crippen LogP contribution is -2.23. The van der Waals surface area contributed by atoms with E-state index in [0.29, 0.717) is 10.9 Å². The van der Waals surface area contributed by atoms with Crippen LogP contribution in [0.15, 0.2) is 34.0 Å². The van der Waals surface area contributed by atoms with E-state index in [9.17, 15) is 14.1 Å². The summed E-state index contributed by atoms with van der Waals surface area (Å²) in [6, 6.07) is 6.84. The first kappa shape index (κ1) is 12.8. The van der Waals surface area contributed by atoms with Gasteiger partial charge in [0.2, 0.25) is 0 Å². The molecule has 96 valence electrons. The molecule has 5 nitrogen and oxygen atoms in total. The van der Waals surface area contributed by atoms with E-state index in [1.54, 1.807) is 31.3 Å². The monoisotopic (exact) mass is 267 g/mol. The zero-order valence-corrected chi connectivity index (χ0v) is 10.6. The molecular weight excluding hydrogens is 254 g/mol. The summed E-state index contributed by atoms with van der Waals surface area (Å²) >= 11 is 0. The average molecular weight is 267 g/mol. The van der Waals surface area contributed by atoms with E-state index in [4.69, 9.17) is 5.11 Å². The molecule has 0 saturated heterocycles. The van der Waals surface area contributed by atoms with Gasteiger partial charge < -0.3 is 14.8 Å². The van der Waals surface area contributed by atoms with Gasteiger partial charge in [0, 0.05) is 12.4 Å². The van der Waals surface area contributed by atoms with Gasteiger partial charge in [0.25, 0.3) is 5.56 Å². The molecule has 0 saturated carbocycles. The highest BCUT2D eigenvalue weighted by Crippen LogP contribution is 2.27. The van der Waals surface area contributed by atoms with Crippen LogP contribution in [0.25, 0.3) is 10.9 Å². The van der Waals surface area contributed by atoms with Crippen molar-refractivity contribution in [3.63, 3.8) is 0 Å². The quantitative estimate of drug-likeness (QED) is 0.840. The number of rotatable bonds is 3. The molecule has 0 aliphatic rings. The van der Waals surface area contributed by atoms with Gasteiger partial charge >= 0.3 is 0 Å². The van der Waals surface area contributed by atoms with Crippen molar-refractivity contribution in [1.29, 1.82) is 0 Å². The maximum atomic E-state index is 12.0. The summed E-state index contributed by atoms with van der Waals surface area (Å²) in [4.78, 5) is 11.9. The van der Waals surface area contributed by atoms with Gasteiger partial charge in [-0.3, -0.25) is 9.00 Å². The van der Waals surface area contributed by atoms with Gasteiger partial charge in [-0.15, -0.1) is 0 Å². The molecule has 2 N–H and O–H groups in total. The number of aromatic nitrogens is 1. The summed E-state index contributed by atoms with van der Waals surface area (Å²) < 4.78 is 13.2. The fraction of sp³-hybridized carbons (Fsp3) is 0.250. The minimum atomic E-state index is -1.71. The van der Waals surface area contributed by atoms with Gasteiger partial charge in [-0.25, -0.2) is 0 Å². The zero-order valence-electron chi connectivity index (χ0n) is 9.79. The number of nitrogens with zero attached hydrogens (tertiary/aromatic N) is 1. The Morgan fingerprint density at radius 3 is 2.67 bits per heavy atom. The Hall–Kier alpha value is -1.66. The van der Waals surface area contributed by atoms with Crippen molar-refractivity contribution in [2.75, 3.05) is 12.4 Å². The Kier molecular flexibility index (Phi) is 3.49. The second-order valence-corrected chi connectivity index (χ2v) is 5.34. The maximum absolute atomic E-state index is 12.0. The Labute approximate surface area is 106 Å². The lowest BCUT2D eigenvalue weighted by molar-refractivity contribution is 0.321.